The molecule has 0 aliphatic carbocycles. The molecule has 3 N–H and O–H groups in total. The Balaban J connectivity index is 2.90. The molecule has 1 aromatic heterocycles. The van der Waals surface area contributed by atoms with Gasteiger partial charge in [-0.25, -0.2) is 15.8 Å². The van der Waals surface area contributed by atoms with Gasteiger partial charge in [-0.05, 0) is 19.4 Å². The highest BCUT2D eigenvalue weighted by molar-refractivity contribution is 5.26. The first-order valence-electron chi connectivity index (χ1n) is 4.07. The second-order valence-electron chi connectivity index (χ2n) is 2.72. The van der Waals surface area contributed by atoms with E-state index in [0.717, 1.165) is 24.2 Å². The van der Waals surface area contributed by atoms with Gasteiger partial charge in [0.05, 0.1) is 0 Å². The summed E-state index contributed by atoms with van der Waals surface area (Å²) >= 11 is 0. The van der Waals surface area contributed by atoms with Crippen LogP contribution in [0.25, 0.3) is 0 Å². The van der Waals surface area contributed by atoms with Crippen LogP contribution in [0, 0.1) is 6.92 Å². The molecule has 0 radical (unpaired) electrons. The molecule has 0 aliphatic heterocycles. The predicted octanol–water partition coefficient (Wildman–Crippen LogP) is 1.02. The maximum atomic E-state index is 5.21. The van der Waals surface area contributed by atoms with Crippen LogP contribution in [0.2, 0.25) is 0 Å². The summed E-state index contributed by atoms with van der Waals surface area (Å²) in [6, 6.07) is 1.98. The number of nitrogens with one attached hydrogen (secondary N) is 1. The molecule has 66 valence electrons. The summed E-state index contributed by atoms with van der Waals surface area (Å²) in [5, 5.41) is 0. The topological polar surface area (TPSA) is 63.8 Å². The third-order valence-electron chi connectivity index (χ3n) is 1.54. The van der Waals surface area contributed by atoms with Gasteiger partial charge < -0.3 is 0 Å². The SMILES string of the molecule is CCCc1cc(C)nc(NN)n1. The Labute approximate surface area is 72.2 Å². The molecule has 12 heavy (non-hydrogen) atoms. The summed E-state index contributed by atoms with van der Waals surface area (Å²) in [5.41, 5.74) is 4.43. The van der Waals surface area contributed by atoms with Crippen molar-refractivity contribution in [3.05, 3.63) is 17.5 Å². The molecule has 1 heterocycles. The quantitative estimate of drug-likeness (QED) is 0.520. The van der Waals surface area contributed by atoms with Crippen molar-refractivity contribution in [2.24, 2.45) is 5.84 Å². The van der Waals surface area contributed by atoms with Crippen LogP contribution in [0.4, 0.5) is 5.95 Å². The number of nitrogen functional groups attached to an aromatic ring is 1. The van der Waals surface area contributed by atoms with Crippen LogP contribution in [-0.4, -0.2) is 9.97 Å². The largest absolute Gasteiger partial charge is 0.292 e. The smallest absolute Gasteiger partial charge is 0.237 e. The molecule has 0 spiro atoms. The number of rotatable bonds is 3. The minimum absolute atomic E-state index is 0.499. The van der Waals surface area contributed by atoms with Gasteiger partial charge in [-0.15, -0.1) is 0 Å². The Morgan fingerprint density at radius 3 is 2.83 bits per heavy atom. The summed E-state index contributed by atoms with van der Waals surface area (Å²) < 4.78 is 0. The van der Waals surface area contributed by atoms with Crippen molar-refractivity contribution in [1.29, 1.82) is 0 Å². The molecule has 0 aromatic carbocycles. The van der Waals surface area contributed by atoms with Crippen LogP contribution in [0.1, 0.15) is 24.7 Å². The maximum absolute atomic E-state index is 5.21. The van der Waals surface area contributed by atoms with E-state index < -0.39 is 0 Å². The Morgan fingerprint density at radius 1 is 1.50 bits per heavy atom. The lowest BCUT2D eigenvalue weighted by molar-refractivity contribution is 0.866. The molecule has 1 rings (SSSR count). The fourth-order valence-corrected chi connectivity index (χ4v) is 1.08. The Bertz CT molecular complexity index is 259. The Morgan fingerprint density at radius 2 is 2.25 bits per heavy atom. The van der Waals surface area contributed by atoms with Crippen LogP contribution in [0.3, 0.4) is 0 Å². The van der Waals surface area contributed by atoms with E-state index in [0.29, 0.717) is 5.95 Å². The van der Waals surface area contributed by atoms with Crippen molar-refractivity contribution in [2.45, 2.75) is 26.7 Å². The average Bonchev–Trinajstić information content (AvgIpc) is 2.04. The summed E-state index contributed by atoms with van der Waals surface area (Å²) in [5.74, 6) is 5.71. The van der Waals surface area contributed by atoms with Crippen molar-refractivity contribution in [3.8, 4) is 0 Å². The van der Waals surface area contributed by atoms with Gasteiger partial charge in [-0.3, -0.25) is 5.43 Å². The van der Waals surface area contributed by atoms with Gasteiger partial charge in [0.25, 0.3) is 0 Å². The molecule has 4 nitrogen and oxygen atoms in total. The summed E-state index contributed by atoms with van der Waals surface area (Å²) in [4.78, 5) is 8.28. The number of nitrogens with two attached hydrogens (primary N) is 1. The van der Waals surface area contributed by atoms with E-state index in [2.05, 4.69) is 22.3 Å². The zero-order valence-electron chi connectivity index (χ0n) is 7.46. The van der Waals surface area contributed by atoms with E-state index in [9.17, 15) is 0 Å². The van der Waals surface area contributed by atoms with Crippen LogP contribution in [-0.2, 0) is 6.42 Å². The molecule has 0 saturated carbocycles. The monoisotopic (exact) mass is 166 g/mol. The van der Waals surface area contributed by atoms with Crippen LogP contribution in [0.5, 0.6) is 0 Å². The zero-order valence-corrected chi connectivity index (χ0v) is 7.46. The third kappa shape index (κ3) is 2.17. The Hall–Kier alpha value is -1.16. The van der Waals surface area contributed by atoms with Crippen LogP contribution < -0.4 is 11.3 Å². The first-order valence-corrected chi connectivity index (χ1v) is 4.07. The van der Waals surface area contributed by atoms with E-state index in [-0.39, 0.29) is 0 Å². The molecule has 1 aromatic rings. The number of aryl methyl sites for hydroxylation is 2. The Kier molecular flexibility index (Phi) is 2.99. The minimum Gasteiger partial charge on any atom is -0.292 e. The minimum atomic E-state index is 0.499. The van der Waals surface area contributed by atoms with Crippen molar-refractivity contribution in [2.75, 3.05) is 5.43 Å². The number of hydrogen-bond acceptors (Lipinski definition) is 4. The van der Waals surface area contributed by atoms with Crippen LogP contribution >= 0.6 is 0 Å². The second-order valence-corrected chi connectivity index (χ2v) is 2.72. The molecule has 4 heteroatoms. The van der Waals surface area contributed by atoms with Crippen molar-refractivity contribution in [3.63, 3.8) is 0 Å². The van der Waals surface area contributed by atoms with Gasteiger partial charge in [0, 0.05) is 11.4 Å². The van der Waals surface area contributed by atoms with Gasteiger partial charge >= 0.3 is 0 Å². The molecule has 0 saturated heterocycles. The molecular formula is C8H14N4. The fraction of sp³-hybridized carbons (Fsp3) is 0.500. The highest BCUT2D eigenvalue weighted by Crippen LogP contribution is 2.05. The summed E-state index contributed by atoms with van der Waals surface area (Å²) in [6.07, 6.45) is 2.05. The third-order valence-corrected chi connectivity index (χ3v) is 1.54. The first-order chi connectivity index (χ1) is 5.76. The van der Waals surface area contributed by atoms with Gasteiger partial charge in [0.2, 0.25) is 5.95 Å². The van der Waals surface area contributed by atoms with E-state index in [1.807, 2.05) is 13.0 Å². The van der Waals surface area contributed by atoms with Gasteiger partial charge in [0.1, 0.15) is 0 Å². The molecule has 0 bridgehead atoms. The van der Waals surface area contributed by atoms with E-state index in [1.165, 1.54) is 0 Å². The van der Waals surface area contributed by atoms with Crippen molar-refractivity contribution < 1.29 is 0 Å². The molecule has 0 aliphatic rings. The number of hydrazine groups is 1. The predicted molar refractivity (Wildman–Crippen MR) is 48.6 cm³/mol. The highest BCUT2D eigenvalue weighted by atomic mass is 15.3. The average molecular weight is 166 g/mol. The molecular weight excluding hydrogens is 152 g/mol. The lowest BCUT2D eigenvalue weighted by atomic mass is 10.2. The highest BCUT2D eigenvalue weighted by Gasteiger charge is 1.98. The van der Waals surface area contributed by atoms with Crippen LogP contribution in [0.15, 0.2) is 6.07 Å². The second kappa shape index (κ2) is 4.01. The van der Waals surface area contributed by atoms with Crippen molar-refractivity contribution >= 4 is 5.95 Å². The number of aromatic nitrogens is 2. The number of anilines is 1. The van der Waals surface area contributed by atoms with Gasteiger partial charge in [0.15, 0.2) is 0 Å². The summed E-state index contributed by atoms with van der Waals surface area (Å²) in [7, 11) is 0. The van der Waals surface area contributed by atoms with Gasteiger partial charge in [-0.2, -0.15) is 0 Å². The van der Waals surface area contributed by atoms with E-state index in [1.54, 1.807) is 0 Å². The molecule has 0 fully saturated rings. The number of hydrogen-bond donors (Lipinski definition) is 2. The number of nitrogens with zero attached hydrogens (tertiary/aromatic N) is 2. The maximum Gasteiger partial charge on any atom is 0.237 e. The molecule has 0 atom stereocenters. The zero-order chi connectivity index (χ0) is 8.97. The lowest BCUT2D eigenvalue weighted by Gasteiger charge is -2.03. The first kappa shape index (κ1) is 8.93. The van der Waals surface area contributed by atoms with Gasteiger partial charge in [-0.1, -0.05) is 13.3 Å². The summed E-state index contributed by atoms with van der Waals surface area (Å²) in [6.45, 7) is 4.05. The molecule has 0 amide bonds. The normalized spacial score (nSPS) is 9.92. The van der Waals surface area contributed by atoms with Crippen molar-refractivity contribution in [1.82, 2.24) is 9.97 Å². The lowest BCUT2D eigenvalue weighted by Crippen LogP contribution is -2.12. The van der Waals surface area contributed by atoms with E-state index >= 15 is 0 Å². The standard InChI is InChI=1S/C8H14N4/c1-3-4-7-5-6(2)10-8(11-7)12-9/h5H,3-4,9H2,1-2H3,(H,10,11,12). The van der Waals surface area contributed by atoms with E-state index in [4.69, 9.17) is 5.84 Å². The molecule has 0 unspecified atom stereocenters. The fourth-order valence-electron chi connectivity index (χ4n) is 1.08.